The van der Waals surface area contributed by atoms with E-state index in [4.69, 9.17) is 23.8 Å². The standard InChI is InChI=1S/C9H7ClOS/c1-6-3-2-4-7(5-12)8(6)9(10)11/h2-5H,1H3. The average Bonchev–Trinajstić information content (AvgIpc) is 2.03. The Hall–Kier alpha value is -0.730. The number of rotatable bonds is 2. The molecule has 0 aliphatic rings. The SMILES string of the molecule is Cc1cccc(C=S)c1C(=O)Cl. The molecule has 0 heterocycles. The quantitative estimate of drug-likeness (QED) is 0.537. The van der Waals surface area contributed by atoms with Crippen molar-refractivity contribution in [2.24, 2.45) is 0 Å². The molecule has 0 unspecified atom stereocenters. The molecular formula is C9H7ClOS. The second kappa shape index (κ2) is 3.78. The van der Waals surface area contributed by atoms with E-state index in [2.05, 4.69) is 0 Å². The number of carbonyl (C=O) groups excluding carboxylic acids is 1. The summed E-state index contributed by atoms with van der Waals surface area (Å²) in [5, 5.41) is 1.01. The van der Waals surface area contributed by atoms with Crippen molar-refractivity contribution in [2.45, 2.75) is 6.92 Å². The Bertz CT molecular complexity index is 333. The van der Waals surface area contributed by atoms with E-state index in [9.17, 15) is 4.79 Å². The molecule has 0 N–H and O–H groups in total. The highest BCUT2D eigenvalue weighted by Gasteiger charge is 2.09. The molecule has 0 amide bonds. The highest BCUT2D eigenvalue weighted by Crippen LogP contribution is 2.14. The van der Waals surface area contributed by atoms with Gasteiger partial charge in [0, 0.05) is 10.9 Å². The zero-order chi connectivity index (χ0) is 9.14. The predicted molar refractivity (Wildman–Crippen MR) is 54.1 cm³/mol. The van der Waals surface area contributed by atoms with E-state index in [1.807, 2.05) is 19.1 Å². The fraction of sp³-hybridized carbons (Fsp3) is 0.111. The van der Waals surface area contributed by atoms with E-state index in [1.54, 1.807) is 6.07 Å². The van der Waals surface area contributed by atoms with Crippen LogP contribution in [0.5, 0.6) is 0 Å². The van der Waals surface area contributed by atoms with Crippen LogP contribution in [-0.4, -0.2) is 10.6 Å². The third-order valence-electron chi connectivity index (χ3n) is 1.63. The zero-order valence-electron chi connectivity index (χ0n) is 6.50. The summed E-state index contributed by atoms with van der Waals surface area (Å²) in [7, 11) is 0. The first-order valence-corrected chi connectivity index (χ1v) is 4.26. The minimum Gasteiger partial charge on any atom is -0.276 e. The summed E-state index contributed by atoms with van der Waals surface area (Å²) < 4.78 is 0. The number of hydrogen-bond donors (Lipinski definition) is 0. The highest BCUT2D eigenvalue weighted by molar-refractivity contribution is 7.79. The first-order valence-electron chi connectivity index (χ1n) is 3.41. The molecule has 0 saturated carbocycles. The summed E-state index contributed by atoms with van der Waals surface area (Å²) in [5.41, 5.74) is 2.08. The zero-order valence-corrected chi connectivity index (χ0v) is 8.08. The lowest BCUT2D eigenvalue weighted by molar-refractivity contribution is 0.108. The third kappa shape index (κ3) is 1.71. The molecule has 0 fully saturated rings. The molecule has 3 heteroatoms. The second-order valence-electron chi connectivity index (χ2n) is 2.43. The first kappa shape index (κ1) is 9.36. The van der Waals surface area contributed by atoms with Gasteiger partial charge < -0.3 is 0 Å². The smallest absolute Gasteiger partial charge is 0.253 e. The Morgan fingerprint density at radius 3 is 2.67 bits per heavy atom. The Labute approximate surface area is 81.3 Å². The van der Waals surface area contributed by atoms with E-state index in [1.165, 1.54) is 5.37 Å². The van der Waals surface area contributed by atoms with E-state index < -0.39 is 5.24 Å². The van der Waals surface area contributed by atoms with Gasteiger partial charge in [-0.1, -0.05) is 30.4 Å². The molecule has 0 aromatic heterocycles. The second-order valence-corrected chi connectivity index (χ2v) is 3.01. The fourth-order valence-electron chi connectivity index (χ4n) is 1.06. The van der Waals surface area contributed by atoms with E-state index >= 15 is 0 Å². The highest BCUT2D eigenvalue weighted by atomic mass is 35.5. The van der Waals surface area contributed by atoms with E-state index in [-0.39, 0.29) is 0 Å². The van der Waals surface area contributed by atoms with Crippen molar-refractivity contribution in [1.29, 1.82) is 0 Å². The van der Waals surface area contributed by atoms with Gasteiger partial charge in [-0.05, 0) is 29.7 Å². The van der Waals surface area contributed by atoms with Crippen molar-refractivity contribution in [3.63, 3.8) is 0 Å². The van der Waals surface area contributed by atoms with Gasteiger partial charge >= 0.3 is 0 Å². The lowest BCUT2D eigenvalue weighted by Gasteiger charge is -2.02. The van der Waals surface area contributed by atoms with Gasteiger partial charge in [-0.25, -0.2) is 0 Å². The molecule has 1 aromatic rings. The largest absolute Gasteiger partial charge is 0.276 e. The number of halogens is 1. The van der Waals surface area contributed by atoms with Crippen LogP contribution in [0.4, 0.5) is 0 Å². The molecule has 0 atom stereocenters. The Morgan fingerprint density at radius 2 is 2.25 bits per heavy atom. The molecule has 62 valence electrons. The van der Waals surface area contributed by atoms with Crippen LogP contribution in [0.1, 0.15) is 21.5 Å². The Kier molecular flexibility index (Phi) is 2.95. The summed E-state index contributed by atoms with van der Waals surface area (Å²) in [6, 6.07) is 5.45. The van der Waals surface area contributed by atoms with Crippen molar-refractivity contribution in [2.75, 3.05) is 0 Å². The van der Waals surface area contributed by atoms with Crippen molar-refractivity contribution in [1.82, 2.24) is 0 Å². The summed E-state index contributed by atoms with van der Waals surface area (Å²) >= 11 is 10.1. The molecule has 12 heavy (non-hydrogen) atoms. The van der Waals surface area contributed by atoms with Crippen LogP contribution in [0.2, 0.25) is 0 Å². The number of carbonyl (C=O) groups is 1. The normalized spacial score (nSPS) is 9.50. The van der Waals surface area contributed by atoms with Crippen molar-refractivity contribution in [3.8, 4) is 0 Å². The molecule has 0 saturated heterocycles. The van der Waals surface area contributed by atoms with Crippen LogP contribution in [0, 0.1) is 6.92 Å². The summed E-state index contributed by atoms with van der Waals surface area (Å²) in [6.45, 7) is 1.83. The maximum atomic E-state index is 10.9. The van der Waals surface area contributed by atoms with Crippen LogP contribution in [0.25, 0.3) is 0 Å². The fourth-order valence-corrected chi connectivity index (χ4v) is 1.51. The van der Waals surface area contributed by atoms with Crippen LogP contribution >= 0.6 is 23.8 Å². The van der Waals surface area contributed by atoms with Gasteiger partial charge in [-0.2, -0.15) is 0 Å². The maximum Gasteiger partial charge on any atom is 0.253 e. The third-order valence-corrected chi connectivity index (χ3v) is 2.07. The predicted octanol–water partition coefficient (Wildman–Crippen LogP) is 2.72. The van der Waals surface area contributed by atoms with Crippen LogP contribution in [0.3, 0.4) is 0 Å². The van der Waals surface area contributed by atoms with Crippen LogP contribution < -0.4 is 0 Å². The summed E-state index contributed by atoms with van der Waals surface area (Å²) in [4.78, 5) is 10.9. The lowest BCUT2D eigenvalue weighted by Crippen LogP contribution is -1.98. The molecule has 0 aliphatic carbocycles. The van der Waals surface area contributed by atoms with Crippen LogP contribution in [0.15, 0.2) is 18.2 Å². The van der Waals surface area contributed by atoms with E-state index in [0.717, 1.165) is 5.56 Å². The number of aryl methyl sites for hydroxylation is 1. The number of thiocarbonyl (C=S) groups is 1. The number of hydrogen-bond acceptors (Lipinski definition) is 2. The molecular weight excluding hydrogens is 192 g/mol. The molecule has 0 aliphatic heterocycles. The molecule has 0 spiro atoms. The Morgan fingerprint density at radius 1 is 1.58 bits per heavy atom. The van der Waals surface area contributed by atoms with E-state index in [0.29, 0.717) is 11.1 Å². The first-order chi connectivity index (χ1) is 5.66. The van der Waals surface area contributed by atoms with Crippen molar-refractivity contribution >= 4 is 34.4 Å². The molecule has 1 aromatic carbocycles. The van der Waals surface area contributed by atoms with Gasteiger partial charge in [-0.15, -0.1) is 0 Å². The average molecular weight is 199 g/mol. The van der Waals surface area contributed by atoms with Crippen LogP contribution in [-0.2, 0) is 0 Å². The summed E-state index contributed by atoms with van der Waals surface area (Å²) in [6.07, 6.45) is 0. The minimum atomic E-state index is -0.454. The van der Waals surface area contributed by atoms with Gasteiger partial charge in [0.15, 0.2) is 0 Å². The van der Waals surface area contributed by atoms with Gasteiger partial charge in [-0.3, -0.25) is 4.79 Å². The molecule has 1 nitrogen and oxygen atoms in total. The number of benzene rings is 1. The van der Waals surface area contributed by atoms with Crippen molar-refractivity contribution in [3.05, 3.63) is 34.9 Å². The topological polar surface area (TPSA) is 17.1 Å². The lowest BCUT2D eigenvalue weighted by atomic mass is 10.0. The van der Waals surface area contributed by atoms with Gasteiger partial charge in [0.2, 0.25) is 0 Å². The maximum absolute atomic E-state index is 10.9. The van der Waals surface area contributed by atoms with Gasteiger partial charge in [0.25, 0.3) is 5.24 Å². The monoisotopic (exact) mass is 198 g/mol. The minimum absolute atomic E-state index is 0.454. The summed E-state index contributed by atoms with van der Waals surface area (Å²) in [5.74, 6) is 0. The van der Waals surface area contributed by atoms with Gasteiger partial charge in [0.05, 0.1) is 0 Å². The van der Waals surface area contributed by atoms with Gasteiger partial charge in [0.1, 0.15) is 0 Å². The molecule has 0 radical (unpaired) electrons. The molecule has 0 bridgehead atoms. The Balaban J connectivity index is 3.39. The molecule has 1 rings (SSSR count). The van der Waals surface area contributed by atoms with Crippen molar-refractivity contribution < 1.29 is 4.79 Å².